The van der Waals surface area contributed by atoms with Crippen LogP contribution in [0.15, 0.2) is 23.4 Å². The molecule has 0 bridgehead atoms. The van der Waals surface area contributed by atoms with Gasteiger partial charge >= 0.3 is 0 Å². The molecule has 0 amide bonds. The molecule has 0 saturated carbocycles. The van der Waals surface area contributed by atoms with E-state index in [1.54, 1.807) is 6.07 Å². The number of nitrogens with zero attached hydrogens (tertiary/aromatic N) is 2. The van der Waals surface area contributed by atoms with Crippen molar-refractivity contribution in [3.8, 4) is 5.75 Å². The topological polar surface area (TPSA) is 71.1 Å². The number of oxime groups is 1. The number of ether oxygens (including phenoxy) is 1. The fourth-order valence-electron chi connectivity index (χ4n) is 2.65. The predicted octanol–water partition coefficient (Wildman–Crippen LogP) is 2.18. The number of methoxy groups -OCH3 is 1. The summed E-state index contributed by atoms with van der Waals surface area (Å²) in [4.78, 5) is 2.24. The molecule has 0 radical (unpaired) electrons. The van der Waals surface area contributed by atoms with Gasteiger partial charge in [-0.2, -0.15) is 0 Å². The van der Waals surface area contributed by atoms with Crippen molar-refractivity contribution in [3.05, 3.63) is 29.6 Å². The molecule has 0 atom stereocenters. The molecule has 1 aliphatic heterocycles. The number of piperidine rings is 1. The lowest BCUT2D eigenvalue weighted by molar-refractivity contribution is 0.153. The lowest BCUT2D eigenvalue weighted by atomic mass is 9.79. The van der Waals surface area contributed by atoms with Crippen LogP contribution in [-0.2, 0) is 6.54 Å². The molecule has 116 valence electrons. The molecule has 0 spiro atoms. The van der Waals surface area contributed by atoms with Crippen LogP contribution >= 0.6 is 0 Å². The zero-order valence-electron chi connectivity index (χ0n) is 12.5. The van der Waals surface area contributed by atoms with Gasteiger partial charge in [0.25, 0.3) is 0 Å². The number of benzene rings is 1. The highest BCUT2D eigenvalue weighted by molar-refractivity contribution is 5.85. The second kappa shape index (κ2) is 6.30. The summed E-state index contributed by atoms with van der Waals surface area (Å²) in [6.45, 7) is 4.36. The zero-order valence-corrected chi connectivity index (χ0v) is 12.5. The van der Waals surface area contributed by atoms with Gasteiger partial charge < -0.3 is 15.7 Å². The first-order valence-corrected chi connectivity index (χ1v) is 7.01. The van der Waals surface area contributed by atoms with Crippen molar-refractivity contribution in [1.29, 1.82) is 0 Å². The summed E-state index contributed by atoms with van der Waals surface area (Å²) >= 11 is 0. The number of hydrogen-bond donors (Lipinski definition) is 2. The Balaban J connectivity index is 1.96. The molecule has 5 nitrogen and oxygen atoms in total. The van der Waals surface area contributed by atoms with Gasteiger partial charge in [-0.1, -0.05) is 18.1 Å². The Labute approximate surface area is 124 Å². The fraction of sp³-hybridized carbons (Fsp3) is 0.533. The summed E-state index contributed by atoms with van der Waals surface area (Å²) in [5.74, 6) is 0.211. The second-order valence-electron chi connectivity index (χ2n) is 5.79. The van der Waals surface area contributed by atoms with Crippen molar-refractivity contribution < 1.29 is 14.3 Å². The molecule has 1 aromatic carbocycles. The summed E-state index contributed by atoms with van der Waals surface area (Å²) in [7, 11) is 1.46. The predicted molar refractivity (Wildman–Crippen MR) is 79.0 cm³/mol. The Morgan fingerprint density at radius 3 is 2.67 bits per heavy atom. The van der Waals surface area contributed by atoms with Crippen LogP contribution in [0.2, 0.25) is 0 Å². The van der Waals surface area contributed by atoms with Gasteiger partial charge in [-0.3, -0.25) is 4.90 Å². The number of hydrogen-bond acceptors (Lipinski definition) is 4. The van der Waals surface area contributed by atoms with Crippen LogP contribution in [0.5, 0.6) is 5.75 Å². The normalized spacial score (nSPS) is 19.5. The summed E-state index contributed by atoms with van der Waals surface area (Å²) in [6, 6.07) is 5.03. The average Bonchev–Trinajstić information content (AvgIpc) is 2.49. The van der Waals surface area contributed by atoms with Crippen LogP contribution < -0.4 is 10.5 Å². The number of halogens is 1. The highest BCUT2D eigenvalue weighted by Crippen LogP contribution is 2.31. The van der Waals surface area contributed by atoms with Crippen LogP contribution in [0, 0.1) is 11.2 Å². The van der Waals surface area contributed by atoms with Crippen molar-refractivity contribution in [2.75, 3.05) is 20.2 Å². The van der Waals surface area contributed by atoms with Gasteiger partial charge in [0, 0.05) is 12.0 Å². The van der Waals surface area contributed by atoms with E-state index in [-0.39, 0.29) is 22.8 Å². The molecule has 1 saturated heterocycles. The van der Waals surface area contributed by atoms with E-state index < -0.39 is 0 Å². The SMILES string of the molecule is COc1ccc(CN2CCC(C)(/C(N)=N/O)CC2)cc1F. The van der Waals surface area contributed by atoms with E-state index in [4.69, 9.17) is 15.7 Å². The average molecular weight is 295 g/mol. The van der Waals surface area contributed by atoms with Crippen LogP contribution in [0.3, 0.4) is 0 Å². The van der Waals surface area contributed by atoms with Gasteiger partial charge in [-0.05, 0) is 43.6 Å². The lowest BCUT2D eigenvalue weighted by Crippen LogP contribution is -2.45. The molecule has 3 N–H and O–H groups in total. The van der Waals surface area contributed by atoms with E-state index in [0.717, 1.165) is 31.5 Å². The summed E-state index contributed by atoms with van der Waals surface area (Å²) < 4.78 is 18.6. The fourth-order valence-corrected chi connectivity index (χ4v) is 2.65. The maximum absolute atomic E-state index is 13.7. The minimum atomic E-state index is -0.339. The van der Waals surface area contributed by atoms with Crippen LogP contribution in [0.1, 0.15) is 25.3 Å². The van der Waals surface area contributed by atoms with Crippen LogP contribution in [-0.4, -0.2) is 36.1 Å². The smallest absolute Gasteiger partial charge is 0.165 e. The highest BCUT2D eigenvalue weighted by Gasteiger charge is 2.34. The lowest BCUT2D eigenvalue weighted by Gasteiger charge is -2.38. The largest absolute Gasteiger partial charge is 0.494 e. The zero-order chi connectivity index (χ0) is 15.5. The molecule has 6 heteroatoms. The standard InChI is InChI=1S/C15H22FN3O2/c1-15(14(17)18-20)5-7-19(8-6-15)10-11-3-4-13(21-2)12(16)9-11/h3-4,9,20H,5-8,10H2,1-2H3,(H2,17,18). The van der Waals surface area contributed by atoms with Crippen molar-refractivity contribution in [3.63, 3.8) is 0 Å². The molecule has 1 aromatic rings. The molecule has 1 heterocycles. The van der Waals surface area contributed by atoms with E-state index in [9.17, 15) is 4.39 Å². The van der Waals surface area contributed by atoms with Gasteiger partial charge in [-0.25, -0.2) is 4.39 Å². The highest BCUT2D eigenvalue weighted by atomic mass is 19.1. The van der Waals surface area contributed by atoms with Gasteiger partial charge in [0.1, 0.15) is 5.84 Å². The summed E-state index contributed by atoms with van der Waals surface area (Å²) in [5, 5.41) is 12.0. The number of amidine groups is 1. The third kappa shape index (κ3) is 3.44. The third-order valence-corrected chi connectivity index (χ3v) is 4.31. The van der Waals surface area contributed by atoms with Gasteiger partial charge in [-0.15, -0.1) is 0 Å². The maximum Gasteiger partial charge on any atom is 0.165 e. The van der Waals surface area contributed by atoms with Crippen molar-refractivity contribution in [2.45, 2.75) is 26.3 Å². The Kier molecular flexibility index (Phi) is 4.67. The number of nitrogens with two attached hydrogens (primary N) is 1. The maximum atomic E-state index is 13.7. The first-order valence-electron chi connectivity index (χ1n) is 7.01. The van der Waals surface area contributed by atoms with Crippen molar-refractivity contribution >= 4 is 5.84 Å². The molecule has 21 heavy (non-hydrogen) atoms. The molecular formula is C15H22FN3O2. The minimum Gasteiger partial charge on any atom is -0.494 e. The molecule has 0 unspecified atom stereocenters. The molecule has 0 aliphatic carbocycles. The van der Waals surface area contributed by atoms with E-state index >= 15 is 0 Å². The molecule has 0 aromatic heterocycles. The molecule has 1 fully saturated rings. The Bertz CT molecular complexity index is 526. The Hall–Kier alpha value is -1.82. The molecular weight excluding hydrogens is 273 g/mol. The van der Waals surface area contributed by atoms with Gasteiger partial charge in [0.05, 0.1) is 7.11 Å². The van der Waals surface area contributed by atoms with Gasteiger partial charge in [0.15, 0.2) is 11.6 Å². The quantitative estimate of drug-likeness (QED) is 0.386. The molecule has 2 rings (SSSR count). The Morgan fingerprint density at radius 1 is 1.48 bits per heavy atom. The summed E-state index contributed by atoms with van der Waals surface area (Å²) in [5.41, 5.74) is 6.41. The van der Waals surface area contributed by atoms with Crippen molar-refractivity contribution in [1.82, 2.24) is 4.90 Å². The summed E-state index contributed by atoms with van der Waals surface area (Å²) in [6.07, 6.45) is 1.64. The monoisotopic (exact) mass is 295 g/mol. The third-order valence-electron chi connectivity index (χ3n) is 4.31. The Morgan fingerprint density at radius 2 is 2.14 bits per heavy atom. The van der Waals surface area contributed by atoms with Crippen LogP contribution in [0.4, 0.5) is 4.39 Å². The minimum absolute atomic E-state index is 0.254. The second-order valence-corrected chi connectivity index (χ2v) is 5.79. The van der Waals surface area contributed by atoms with E-state index in [1.165, 1.54) is 13.2 Å². The molecule has 1 aliphatic rings. The van der Waals surface area contributed by atoms with E-state index in [1.807, 2.05) is 13.0 Å². The van der Waals surface area contributed by atoms with Gasteiger partial charge in [0.2, 0.25) is 0 Å². The first kappa shape index (κ1) is 15.6. The van der Waals surface area contributed by atoms with E-state index in [0.29, 0.717) is 6.54 Å². The number of rotatable bonds is 4. The number of likely N-dealkylation sites (tertiary alicyclic amines) is 1. The van der Waals surface area contributed by atoms with Crippen LogP contribution in [0.25, 0.3) is 0 Å². The first-order chi connectivity index (χ1) is 9.98. The van der Waals surface area contributed by atoms with E-state index in [2.05, 4.69) is 10.1 Å². The van der Waals surface area contributed by atoms with Crippen molar-refractivity contribution in [2.24, 2.45) is 16.3 Å².